The molecule has 0 aliphatic carbocycles. The van der Waals surface area contributed by atoms with Crippen molar-refractivity contribution in [3.8, 4) is 0 Å². The lowest BCUT2D eigenvalue weighted by Crippen LogP contribution is -2.56. The fraction of sp³-hybridized carbons (Fsp3) is 1.00. The van der Waals surface area contributed by atoms with Gasteiger partial charge in [-0.15, -0.1) is 0 Å². The van der Waals surface area contributed by atoms with Gasteiger partial charge in [0.15, 0.2) is 0 Å². The molecule has 0 aromatic rings. The molecule has 0 aromatic heterocycles. The second-order valence-electron chi connectivity index (χ2n) is 4.39. The van der Waals surface area contributed by atoms with Crippen LogP contribution in [0.25, 0.3) is 0 Å². The Kier molecular flexibility index (Phi) is 4.39. The lowest BCUT2D eigenvalue weighted by Gasteiger charge is -2.47. The average Bonchev–Trinajstić information content (AvgIpc) is 2.58. The molecule has 1 atom stereocenters. The minimum Gasteiger partial charge on any atom is -0.288 e. The quantitative estimate of drug-likeness (QED) is 0.590. The first-order chi connectivity index (χ1) is 6.76. The molecule has 2 heteroatoms. The van der Waals surface area contributed by atoms with Crippen LogP contribution in [0.4, 0.5) is 0 Å². The highest BCUT2D eigenvalue weighted by atomic mass is 15.4. The first-order valence-corrected chi connectivity index (χ1v) is 6.18. The molecule has 0 radical (unpaired) electrons. The Morgan fingerprint density at radius 1 is 0.786 bits per heavy atom. The van der Waals surface area contributed by atoms with Crippen LogP contribution in [0.1, 0.15) is 46.0 Å². The van der Waals surface area contributed by atoms with Gasteiger partial charge in [0.25, 0.3) is 0 Å². The van der Waals surface area contributed by atoms with Crippen LogP contribution in [0.5, 0.6) is 0 Å². The Morgan fingerprint density at radius 2 is 1.29 bits per heavy atom. The van der Waals surface area contributed by atoms with Gasteiger partial charge in [0.1, 0.15) is 0 Å². The van der Waals surface area contributed by atoms with Gasteiger partial charge in [-0.2, -0.15) is 0 Å². The van der Waals surface area contributed by atoms with E-state index in [0.717, 1.165) is 0 Å². The Bertz CT molecular complexity index is 170. The molecular formula is C12H26N2. The standard InChI is InChI=1S/C10H20N2.C2H6/c1-11-8-4-3-6-10(11)7-5-9-12(10)2;1-2/h3-9H2,1-2H3;1-2H3. The fourth-order valence-electron chi connectivity index (χ4n) is 2.95. The van der Waals surface area contributed by atoms with Crippen molar-refractivity contribution < 1.29 is 0 Å². The van der Waals surface area contributed by atoms with E-state index in [0.29, 0.717) is 5.66 Å². The highest BCUT2D eigenvalue weighted by Crippen LogP contribution is 2.37. The number of hydrogen-bond donors (Lipinski definition) is 0. The highest BCUT2D eigenvalue weighted by Gasteiger charge is 2.42. The maximum atomic E-state index is 2.57. The predicted molar refractivity (Wildman–Crippen MR) is 62.4 cm³/mol. The van der Waals surface area contributed by atoms with Crippen molar-refractivity contribution in [3.63, 3.8) is 0 Å². The first kappa shape index (κ1) is 12.0. The minimum absolute atomic E-state index is 0.457. The van der Waals surface area contributed by atoms with Crippen molar-refractivity contribution in [1.29, 1.82) is 0 Å². The molecule has 0 aromatic carbocycles. The van der Waals surface area contributed by atoms with Gasteiger partial charge in [0.05, 0.1) is 5.66 Å². The maximum absolute atomic E-state index is 2.57. The highest BCUT2D eigenvalue weighted by molar-refractivity contribution is 4.94. The van der Waals surface area contributed by atoms with Crippen LogP contribution in [0.3, 0.4) is 0 Å². The Morgan fingerprint density at radius 3 is 1.79 bits per heavy atom. The molecule has 2 fully saturated rings. The third-order valence-corrected chi connectivity index (χ3v) is 3.81. The summed E-state index contributed by atoms with van der Waals surface area (Å²) in [5.74, 6) is 0. The third-order valence-electron chi connectivity index (χ3n) is 3.81. The van der Waals surface area contributed by atoms with Crippen molar-refractivity contribution in [1.82, 2.24) is 9.80 Å². The molecule has 2 nitrogen and oxygen atoms in total. The van der Waals surface area contributed by atoms with Crippen molar-refractivity contribution in [2.75, 3.05) is 27.2 Å². The van der Waals surface area contributed by atoms with Gasteiger partial charge in [0.2, 0.25) is 0 Å². The predicted octanol–water partition coefficient (Wildman–Crippen LogP) is 2.55. The average molecular weight is 198 g/mol. The molecule has 1 spiro atoms. The van der Waals surface area contributed by atoms with Gasteiger partial charge in [0, 0.05) is 0 Å². The minimum atomic E-state index is 0.457. The zero-order valence-corrected chi connectivity index (χ0v) is 10.3. The van der Waals surface area contributed by atoms with E-state index in [-0.39, 0.29) is 0 Å². The van der Waals surface area contributed by atoms with E-state index in [1.807, 2.05) is 13.8 Å². The normalized spacial score (nSPS) is 34.3. The number of rotatable bonds is 0. The summed E-state index contributed by atoms with van der Waals surface area (Å²) in [5, 5.41) is 0. The number of likely N-dealkylation sites (tertiary alicyclic amines) is 2. The third kappa shape index (κ3) is 1.96. The van der Waals surface area contributed by atoms with E-state index < -0.39 is 0 Å². The van der Waals surface area contributed by atoms with E-state index in [2.05, 4.69) is 23.9 Å². The van der Waals surface area contributed by atoms with E-state index in [9.17, 15) is 0 Å². The summed E-state index contributed by atoms with van der Waals surface area (Å²) in [4.78, 5) is 5.13. The van der Waals surface area contributed by atoms with Crippen LogP contribution in [0, 0.1) is 0 Å². The Balaban J connectivity index is 0.000000461. The first-order valence-electron chi connectivity index (χ1n) is 6.18. The molecular weight excluding hydrogens is 172 g/mol. The summed E-state index contributed by atoms with van der Waals surface area (Å²) in [5.41, 5.74) is 0.457. The SMILES string of the molecule is CC.CN1CCCCC12CCCN2C. The van der Waals surface area contributed by atoms with Crippen LogP contribution >= 0.6 is 0 Å². The number of hydrogen-bond acceptors (Lipinski definition) is 2. The van der Waals surface area contributed by atoms with Crippen molar-refractivity contribution in [3.05, 3.63) is 0 Å². The van der Waals surface area contributed by atoms with Crippen LogP contribution < -0.4 is 0 Å². The van der Waals surface area contributed by atoms with E-state index in [1.54, 1.807) is 0 Å². The van der Waals surface area contributed by atoms with E-state index in [1.165, 1.54) is 45.2 Å². The van der Waals surface area contributed by atoms with Gasteiger partial charge in [-0.1, -0.05) is 13.8 Å². The molecule has 2 aliphatic heterocycles. The monoisotopic (exact) mass is 198 g/mol. The van der Waals surface area contributed by atoms with Crippen molar-refractivity contribution in [2.45, 2.75) is 51.6 Å². The summed E-state index contributed by atoms with van der Waals surface area (Å²) >= 11 is 0. The second kappa shape index (κ2) is 5.13. The van der Waals surface area contributed by atoms with Gasteiger partial charge >= 0.3 is 0 Å². The Hall–Kier alpha value is -0.0800. The largest absolute Gasteiger partial charge is 0.288 e. The molecule has 2 aliphatic rings. The van der Waals surface area contributed by atoms with Crippen LogP contribution in [0.2, 0.25) is 0 Å². The summed E-state index contributed by atoms with van der Waals surface area (Å²) in [6.45, 7) is 6.59. The van der Waals surface area contributed by atoms with E-state index in [4.69, 9.17) is 0 Å². The summed E-state index contributed by atoms with van der Waals surface area (Å²) in [7, 11) is 4.58. The van der Waals surface area contributed by atoms with Gasteiger partial charge in [-0.25, -0.2) is 0 Å². The molecule has 0 saturated carbocycles. The molecule has 2 heterocycles. The Labute approximate surface area is 89.3 Å². The van der Waals surface area contributed by atoms with E-state index >= 15 is 0 Å². The van der Waals surface area contributed by atoms with Gasteiger partial charge < -0.3 is 0 Å². The van der Waals surface area contributed by atoms with Gasteiger partial charge in [-0.05, 0) is 59.3 Å². The molecule has 1 unspecified atom stereocenters. The van der Waals surface area contributed by atoms with Crippen molar-refractivity contribution in [2.24, 2.45) is 0 Å². The lowest BCUT2D eigenvalue weighted by molar-refractivity contribution is -0.0284. The van der Waals surface area contributed by atoms with Crippen LogP contribution in [-0.4, -0.2) is 42.6 Å². The lowest BCUT2D eigenvalue weighted by atomic mass is 9.93. The molecule has 0 bridgehead atoms. The fourth-order valence-corrected chi connectivity index (χ4v) is 2.95. The van der Waals surface area contributed by atoms with Crippen LogP contribution in [0.15, 0.2) is 0 Å². The maximum Gasteiger partial charge on any atom is 0.0733 e. The summed E-state index contributed by atoms with van der Waals surface area (Å²) < 4.78 is 0. The van der Waals surface area contributed by atoms with Crippen molar-refractivity contribution >= 4 is 0 Å². The smallest absolute Gasteiger partial charge is 0.0733 e. The molecule has 2 rings (SSSR count). The number of nitrogens with zero attached hydrogens (tertiary/aromatic N) is 2. The van der Waals surface area contributed by atoms with Crippen LogP contribution in [-0.2, 0) is 0 Å². The molecule has 0 N–H and O–H groups in total. The molecule has 84 valence electrons. The summed E-state index contributed by atoms with van der Waals surface area (Å²) in [6, 6.07) is 0. The summed E-state index contributed by atoms with van der Waals surface area (Å²) in [6.07, 6.45) is 6.99. The molecule has 0 amide bonds. The second-order valence-corrected chi connectivity index (χ2v) is 4.39. The topological polar surface area (TPSA) is 6.48 Å². The number of piperidine rings is 1. The zero-order chi connectivity index (χ0) is 10.6. The molecule has 2 saturated heterocycles. The zero-order valence-electron chi connectivity index (χ0n) is 10.3. The molecule has 14 heavy (non-hydrogen) atoms. The van der Waals surface area contributed by atoms with Gasteiger partial charge in [-0.3, -0.25) is 9.80 Å².